The van der Waals surface area contributed by atoms with E-state index in [1.807, 2.05) is 37.4 Å². The van der Waals surface area contributed by atoms with Gasteiger partial charge in [0, 0.05) is 28.7 Å². The number of hydrogen-bond acceptors (Lipinski definition) is 3. The molecule has 0 atom stereocenters. The van der Waals surface area contributed by atoms with E-state index in [4.69, 9.17) is 10.7 Å². The molecule has 4 nitrogen and oxygen atoms in total. The number of fused-ring (bicyclic) bond motifs is 3. The highest BCUT2D eigenvalue weighted by atomic mass is 15.1. The molecule has 0 aliphatic heterocycles. The number of nitrogens with two attached hydrogens (primary N) is 1. The molecule has 0 radical (unpaired) electrons. The lowest BCUT2D eigenvalue weighted by atomic mass is 10.0. The van der Waals surface area contributed by atoms with Gasteiger partial charge in [0.1, 0.15) is 5.82 Å². The highest BCUT2D eigenvalue weighted by Crippen LogP contribution is 2.33. The van der Waals surface area contributed by atoms with Crippen LogP contribution >= 0.6 is 0 Å². The quantitative estimate of drug-likeness (QED) is 0.223. The number of rotatable bonds is 4. The van der Waals surface area contributed by atoms with E-state index in [0.29, 0.717) is 0 Å². The number of benzene rings is 2. The summed E-state index contributed by atoms with van der Waals surface area (Å²) in [5.74, 6) is 0.876. The summed E-state index contributed by atoms with van der Waals surface area (Å²) in [4.78, 5) is 9.38. The summed E-state index contributed by atoms with van der Waals surface area (Å²) in [5.41, 5.74) is 13.1. The van der Waals surface area contributed by atoms with E-state index in [1.54, 1.807) is 18.5 Å². The minimum Gasteiger partial charge on any atom is -0.405 e. The molecule has 0 spiro atoms. The molecule has 2 N–H and O–H groups in total. The Kier molecular flexibility index (Phi) is 7.22. The first kappa shape index (κ1) is 23.7. The maximum absolute atomic E-state index is 5.57. The second-order valence-electron chi connectivity index (χ2n) is 8.36. The van der Waals surface area contributed by atoms with Gasteiger partial charge in [-0.25, -0.2) is 4.98 Å². The summed E-state index contributed by atoms with van der Waals surface area (Å²) in [6, 6.07) is 23.3. The van der Waals surface area contributed by atoms with Crippen molar-refractivity contribution in [3.8, 4) is 17.1 Å². The molecule has 0 saturated heterocycles. The van der Waals surface area contributed by atoms with Gasteiger partial charge in [-0.3, -0.25) is 9.55 Å². The van der Waals surface area contributed by atoms with Crippen LogP contribution in [0.25, 0.3) is 44.5 Å². The molecule has 3 aromatic heterocycles. The molecular weight excluding hydrogens is 428 g/mol. The van der Waals surface area contributed by atoms with E-state index in [0.717, 1.165) is 39.2 Å². The molecule has 5 aromatic rings. The zero-order chi connectivity index (χ0) is 24.8. The topological polar surface area (TPSA) is 56.7 Å². The number of aromatic nitrogens is 3. The summed E-state index contributed by atoms with van der Waals surface area (Å²) in [7, 11) is 0. The molecule has 0 unspecified atom stereocenters. The van der Waals surface area contributed by atoms with Gasteiger partial charge in [0.05, 0.1) is 16.7 Å². The number of aryl methyl sites for hydroxylation is 1. The van der Waals surface area contributed by atoms with Gasteiger partial charge in [0.25, 0.3) is 0 Å². The summed E-state index contributed by atoms with van der Waals surface area (Å²) >= 11 is 0. The van der Waals surface area contributed by atoms with Crippen LogP contribution in [-0.4, -0.2) is 14.5 Å². The maximum Gasteiger partial charge on any atom is 0.138 e. The second kappa shape index (κ2) is 10.7. The van der Waals surface area contributed by atoms with Crippen molar-refractivity contribution in [3.05, 3.63) is 121 Å². The van der Waals surface area contributed by atoms with Crippen LogP contribution in [0.3, 0.4) is 0 Å². The predicted octanol–water partition coefficient (Wildman–Crippen LogP) is 7.62. The average Bonchev–Trinajstić information content (AvgIpc) is 3.21. The minimum atomic E-state index is 0.876. The molecule has 0 saturated carbocycles. The van der Waals surface area contributed by atoms with Crippen molar-refractivity contribution >= 4 is 27.4 Å². The van der Waals surface area contributed by atoms with Gasteiger partial charge in [-0.1, -0.05) is 42.0 Å². The molecule has 0 aliphatic rings. The van der Waals surface area contributed by atoms with Gasteiger partial charge in [-0.05, 0) is 86.6 Å². The molecule has 0 amide bonds. The molecule has 35 heavy (non-hydrogen) atoms. The van der Waals surface area contributed by atoms with Crippen molar-refractivity contribution in [2.75, 3.05) is 0 Å². The fourth-order valence-corrected chi connectivity index (χ4v) is 4.15. The minimum absolute atomic E-state index is 0.876. The molecule has 0 bridgehead atoms. The summed E-state index contributed by atoms with van der Waals surface area (Å²) in [6.45, 7) is 9.46. The van der Waals surface area contributed by atoms with E-state index in [2.05, 4.69) is 84.6 Å². The van der Waals surface area contributed by atoms with Crippen molar-refractivity contribution in [1.29, 1.82) is 0 Å². The summed E-state index contributed by atoms with van der Waals surface area (Å²) in [5, 5.41) is 2.45. The van der Waals surface area contributed by atoms with Gasteiger partial charge in [0.15, 0.2) is 0 Å². The van der Waals surface area contributed by atoms with Crippen LogP contribution in [0.2, 0.25) is 0 Å². The van der Waals surface area contributed by atoms with E-state index in [-0.39, 0.29) is 0 Å². The van der Waals surface area contributed by atoms with Crippen molar-refractivity contribution < 1.29 is 0 Å². The standard InChI is InChI=1S/C28H24N4.C3H6/c1-19-11-12-27-24(15-19)23-9-3-4-10-26(23)32(27)28-17-22(20(2)7-5-13-29)16-25(31-28)21-8-6-14-30-18-21;1-3-2/h3-18H,29H2,1-2H3;3H,1H2,2H3/b13-5-,20-7+;. The van der Waals surface area contributed by atoms with Crippen LogP contribution in [0, 0.1) is 6.92 Å². The van der Waals surface area contributed by atoms with Crippen LogP contribution in [0.15, 0.2) is 110 Å². The number of para-hydroxylation sites is 1. The molecule has 3 heterocycles. The Balaban J connectivity index is 0.000000917. The monoisotopic (exact) mass is 458 g/mol. The first-order chi connectivity index (χ1) is 17.1. The molecule has 0 aliphatic carbocycles. The molecule has 174 valence electrons. The molecule has 5 rings (SSSR count). The van der Waals surface area contributed by atoms with Crippen LogP contribution in [0.5, 0.6) is 0 Å². The lowest BCUT2D eigenvalue weighted by Crippen LogP contribution is -2.01. The van der Waals surface area contributed by atoms with Crippen LogP contribution in [-0.2, 0) is 0 Å². The fraction of sp³-hybridized carbons (Fsp3) is 0.0968. The number of pyridine rings is 2. The maximum atomic E-state index is 5.57. The van der Waals surface area contributed by atoms with Gasteiger partial charge in [-0.15, -0.1) is 6.58 Å². The zero-order valence-corrected chi connectivity index (χ0v) is 20.4. The van der Waals surface area contributed by atoms with E-state index in [1.165, 1.54) is 16.3 Å². The van der Waals surface area contributed by atoms with Gasteiger partial charge in [0.2, 0.25) is 0 Å². The Morgan fingerprint density at radius 1 is 0.971 bits per heavy atom. The average molecular weight is 459 g/mol. The zero-order valence-electron chi connectivity index (χ0n) is 20.4. The Morgan fingerprint density at radius 3 is 2.49 bits per heavy atom. The van der Waals surface area contributed by atoms with Crippen molar-refractivity contribution in [1.82, 2.24) is 14.5 Å². The van der Waals surface area contributed by atoms with E-state index in [9.17, 15) is 0 Å². The van der Waals surface area contributed by atoms with Crippen molar-refractivity contribution in [2.24, 2.45) is 5.73 Å². The molecular formula is C31H30N4. The third kappa shape index (κ3) is 4.92. The van der Waals surface area contributed by atoms with E-state index < -0.39 is 0 Å². The summed E-state index contributed by atoms with van der Waals surface area (Å²) in [6.07, 6.45) is 10.8. The highest BCUT2D eigenvalue weighted by Gasteiger charge is 2.15. The van der Waals surface area contributed by atoms with Crippen LogP contribution in [0.4, 0.5) is 0 Å². The Labute approximate surface area is 206 Å². The lowest BCUT2D eigenvalue weighted by molar-refractivity contribution is 1.08. The molecule has 4 heteroatoms. The third-order valence-electron chi connectivity index (χ3n) is 5.74. The summed E-state index contributed by atoms with van der Waals surface area (Å²) < 4.78 is 2.25. The van der Waals surface area contributed by atoms with Crippen LogP contribution in [0.1, 0.15) is 25.0 Å². The normalized spacial score (nSPS) is 11.6. The fourth-order valence-electron chi connectivity index (χ4n) is 4.15. The second-order valence-corrected chi connectivity index (χ2v) is 8.36. The Hall–Kier alpha value is -4.44. The first-order valence-corrected chi connectivity index (χ1v) is 11.6. The van der Waals surface area contributed by atoms with Gasteiger partial charge < -0.3 is 5.73 Å². The number of hydrogen-bond donors (Lipinski definition) is 1. The highest BCUT2D eigenvalue weighted by molar-refractivity contribution is 6.09. The first-order valence-electron chi connectivity index (χ1n) is 11.6. The van der Waals surface area contributed by atoms with Crippen molar-refractivity contribution in [3.63, 3.8) is 0 Å². The Morgan fingerprint density at radius 2 is 1.74 bits per heavy atom. The smallest absolute Gasteiger partial charge is 0.138 e. The number of allylic oxidation sites excluding steroid dienone is 4. The van der Waals surface area contributed by atoms with Crippen LogP contribution < -0.4 is 5.73 Å². The lowest BCUT2D eigenvalue weighted by Gasteiger charge is -2.13. The van der Waals surface area contributed by atoms with Gasteiger partial charge in [-0.2, -0.15) is 0 Å². The Bertz CT molecular complexity index is 1540. The third-order valence-corrected chi connectivity index (χ3v) is 5.74. The largest absolute Gasteiger partial charge is 0.405 e. The SMILES string of the molecule is C/C(=C\C=C/N)c1cc(-c2cccnc2)nc(-n2c3ccccc3c3cc(C)ccc32)c1.C=CC. The number of nitrogens with zero attached hydrogens (tertiary/aromatic N) is 3. The van der Waals surface area contributed by atoms with Gasteiger partial charge >= 0.3 is 0 Å². The van der Waals surface area contributed by atoms with Crippen molar-refractivity contribution in [2.45, 2.75) is 20.8 Å². The van der Waals surface area contributed by atoms with E-state index >= 15 is 0 Å². The molecule has 0 fully saturated rings. The molecule has 2 aromatic carbocycles. The predicted molar refractivity (Wildman–Crippen MR) is 149 cm³/mol.